The standard InChI is InChI=1S/C20H26N4O3S/c25-20(23-12-7-17(8-13-23)15-22-14-9-21-16-22)18-3-5-19(6-4-18)28(26,27)24-10-1-2-11-24/h3-6,9,14,16-17H,1-2,7-8,10-13,15H2. The van der Waals surface area contributed by atoms with Gasteiger partial charge in [-0.15, -0.1) is 0 Å². The quantitative estimate of drug-likeness (QED) is 0.769. The van der Waals surface area contributed by atoms with Gasteiger partial charge in [0, 0.05) is 50.7 Å². The molecule has 1 aromatic heterocycles. The van der Waals surface area contributed by atoms with Crippen molar-refractivity contribution >= 4 is 15.9 Å². The zero-order valence-electron chi connectivity index (χ0n) is 15.9. The summed E-state index contributed by atoms with van der Waals surface area (Å²) in [6.07, 6.45) is 9.33. The number of nitrogens with zero attached hydrogens (tertiary/aromatic N) is 4. The molecule has 7 nitrogen and oxygen atoms in total. The van der Waals surface area contributed by atoms with Crippen molar-refractivity contribution in [2.24, 2.45) is 5.92 Å². The van der Waals surface area contributed by atoms with Crippen molar-refractivity contribution in [3.8, 4) is 0 Å². The number of aromatic nitrogens is 2. The van der Waals surface area contributed by atoms with Crippen LogP contribution >= 0.6 is 0 Å². The third kappa shape index (κ3) is 3.98. The van der Waals surface area contributed by atoms with E-state index in [1.165, 1.54) is 4.31 Å². The summed E-state index contributed by atoms with van der Waals surface area (Å²) in [5.74, 6) is 0.525. The molecule has 2 aliphatic rings. The van der Waals surface area contributed by atoms with Crippen LogP contribution in [0.5, 0.6) is 0 Å². The van der Waals surface area contributed by atoms with Gasteiger partial charge in [-0.1, -0.05) is 0 Å². The molecule has 1 amide bonds. The van der Waals surface area contributed by atoms with Gasteiger partial charge in [-0.3, -0.25) is 4.79 Å². The minimum Gasteiger partial charge on any atom is -0.339 e. The molecule has 4 rings (SSSR count). The largest absolute Gasteiger partial charge is 0.339 e. The molecular formula is C20H26N4O3S. The fourth-order valence-corrected chi connectivity index (χ4v) is 5.56. The minimum absolute atomic E-state index is 0.0220. The zero-order valence-corrected chi connectivity index (χ0v) is 16.7. The first-order chi connectivity index (χ1) is 13.5. The lowest BCUT2D eigenvalue weighted by Gasteiger charge is -2.32. The Morgan fingerprint density at radius 1 is 1.04 bits per heavy atom. The summed E-state index contributed by atoms with van der Waals surface area (Å²) in [7, 11) is -3.44. The van der Waals surface area contributed by atoms with Crippen LogP contribution < -0.4 is 0 Å². The predicted molar refractivity (Wildman–Crippen MR) is 105 cm³/mol. The lowest BCUT2D eigenvalue weighted by Crippen LogP contribution is -2.39. The molecular weight excluding hydrogens is 376 g/mol. The number of piperidine rings is 1. The number of sulfonamides is 1. The first-order valence-electron chi connectivity index (χ1n) is 9.89. The van der Waals surface area contributed by atoms with E-state index in [4.69, 9.17) is 0 Å². The highest BCUT2D eigenvalue weighted by Gasteiger charge is 2.28. The molecule has 0 saturated carbocycles. The minimum atomic E-state index is -3.44. The molecule has 8 heteroatoms. The number of amides is 1. The molecule has 2 saturated heterocycles. The molecule has 0 spiro atoms. The average molecular weight is 403 g/mol. The second-order valence-corrected chi connectivity index (χ2v) is 9.57. The van der Waals surface area contributed by atoms with Crippen molar-refractivity contribution in [2.75, 3.05) is 26.2 Å². The van der Waals surface area contributed by atoms with E-state index in [9.17, 15) is 13.2 Å². The Labute approximate surface area is 166 Å². The van der Waals surface area contributed by atoms with E-state index in [-0.39, 0.29) is 10.8 Å². The van der Waals surface area contributed by atoms with Crippen molar-refractivity contribution in [3.05, 3.63) is 48.5 Å². The summed E-state index contributed by atoms with van der Waals surface area (Å²) < 4.78 is 28.8. The van der Waals surface area contributed by atoms with Gasteiger partial charge in [0.15, 0.2) is 0 Å². The monoisotopic (exact) mass is 402 g/mol. The van der Waals surface area contributed by atoms with Crippen molar-refractivity contribution < 1.29 is 13.2 Å². The highest BCUT2D eigenvalue weighted by molar-refractivity contribution is 7.89. The molecule has 0 N–H and O–H groups in total. The van der Waals surface area contributed by atoms with Gasteiger partial charge in [-0.2, -0.15) is 4.31 Å². The lowest BCUT2D eigenvalue weighted by molar-refractivity contribution is 0.0683. The van der Waals surface area contributed by atoms with Gasteiger partial charge >= 0.3 is 0 Å². The molecule has 0 bridgehead atoms. The number of hydrogen-bond donors (Lipinski definition) is 0. The second-order valence-electron chi connectivity index (χ2n) is 7.63. The van der Waals surface area contributed by atoms with Crippen molar-refractivity contribution in [2.45, 2.75) is 37.1 Å². The van der Waals surface area contributed by atoms with Gasteiger partial charge in [0.05, 0.1) is 11.2 Å². The summed E-state index contributed by atoms with van der Waals surface area (Å²) in [6, 6.07) is 6.41. The smallest absolute Gasteiger partial charge is 0.253 e. The van der Waals surface area contributed by atoms with Crippen LogP contribution in [-0.4, -0.2) is 59.3 Å². The number of imidazole rings is 1. The lowest BCUT2D eigenvalue weighted by atomic mass is 9.96. The molecule has 2 fully saturated rings. The predicted octanol–water partition coefficient (Wildman–Crippen LogP) is 2.22. The van der Waals surface area contributed by atoms with E-state index in [0.717, 1.165) is 45.3 Å². The van der Waals surface area contributed by atoms with Crippen LogP contribution in [0.4, 0.5) is 0 Å². The first kappa shape index (κ1) is 19.1. The number of carbonyl (C=O) groups excluding carboxylic acids is 1. The molecule has 28 heavy (non-hydrogen) atoms. The Hall–Kier alpha value is -2.19. The fourth-order valence-electron chi connectivity index (χ4n) is 4.04. The summed E-state index contributed by atoms with van der Waals surface area (Å²) in [5.41, 5.74) is 0.549. The van der Waals surface area contributed by atoms with E-state index in [1.807, 2.05) is 17.4 Å². The van der Waals surface area contributed by atoms with Gasteiger partial charge in [0.1, 0.15) is 0 Å². The topological polar surface area (TPSA) is 75.5 Å². The molecule has 0 unspecified atom stereocenters. The van der Waals surface area contributed by atoms with Crippen LogP contribution in [0.3, 0.4) is 0 Å². The van der Waals surface area contributed by atoms with Crippen LogP contribution in [0.25, 0.3) is 0 Å². The SMILES string of the molecule is O=C(c1ccc(S(=O)(=O)N2CCCC2)cc1)N1CCC(Cn2ccnc2)CC1. The van der Waals surface area contributed by atoms with E-state index in [1.54, 1.807) is 30.5 Å². The highest BCUT2D eigenvalue weighted by atomic mass is 32.2. The van der Waals surface area contributed by atoms with Gasteiger partial charge in [-0.25, -0.2) is 13.4 Å². The van der Waals surface area contributed by atoms with E-state index >= 15 is 0 Å². The summed E-state index contributed by atoms with van der Waals surface area (Å²) in [6.45, 7) is 3.55. The summed E-state index contributed by atoms with van der Waals surface area (Å²) in [4.78, 5) is 19.0. The Morgan fingerprint density at radius 2 is 1.71 bits per heavy atom. The Morgan fingerprint density at radius 3 is 2.32 bits per heavy atom. The third-order valence-corrected chi connectivity index (χ3v) is 7.65. The van der Waals surface area contributed by atoms with Crippen LogP contribution in [0.15, 0.2) is 47.9 Å². The van der Waals surface area contributed by atoms with Crippen molar-refractivity contribution in [1.29, 1.82) is 0 Å². The van der Waals surface area contributed by atoms with Crippen LogP contribution in [0.1, 0.15) is 36.0 Å². The maximum atomic E-state index is 12.8. The van der Waals surface area contributed by atoms with Gasteiger partial charge in [0.25, 0.3) is 5.91 Å². The summed E-state index contributed by atoms with van der Waals surface area (Å²) in [5, 5.41) is 0. The number of hydrogen-bond acceptors (Lipinski definition) is 4. The van der Waals surface area contributed by atoms with Crippen LogP contribution in [0.2, 0.25) is 0 Å². The molecule has 0 atom stereocenters. The van der Waals surface area contributed by atoms with Gasteiger partial charge in [-0.05, 0) is 55.9 Å². The van der Waals surface area contributed by atoms with Gasteiger partial charge < -0.3 is 9.47 Å². The third-order valence-electron chi connectivity index (χ3n) is 5.73. The maximum absolute atomic E-state index is 12.8. The number of benzene rings is 1. The first-order valence-corrected chi connectivity index (χ1v) is 11.3. The molecule has 0 aliphatic carbocycles. The number of rotatable bonds is 5. The molecule has 2 aliphatic heterocycles. The Kier molecular flexibility index (Phi) is 5.50. The van der Waals surface area contributed by atoms with Crippen molar-refractivity contribution in [1.82, 2.24) is 18.8 Å². The van der Waals surface area contributed by atoms with Crippen molar-refractivity contribution in [3.63, 3.8) is 0 Å². The highest BCUT2D eigenvalue weighted by Crippen LogP contribution is 2.23. The molecule has 0 radical (unpaired) electrons. The van der Waals surface area contributed by atoms with Crippen LogP contribution in [-0.2, 0) is 16.6 Å². The van der Waals surface area contributed by atoms with E-state index in [0.29, 0.717) is 24.6 Å². The molecule has 150 valence electrons. The fraction of sp³-hybridized carbons (Fsp3) is 0.500. The number of carbonyl (C=O) groups is 1. The Balaban J connectivity index is 1.36. The Bertz CT molecular complexity index is 895. The van der Waals surface area contributed by atoms with Gasteiger partial charge in [0.2, 0.25) is 10.0 Å². The van der Waals surface area contributed by atoms with Crippen LogP contribution in [0, 0.1) is 5.92 Å². The second kappa shape index (κ2) is 8.05. The maximum Gasteiger partial charge on any atom is 0.253 e. The zero-order chi connectivity index (χ0) is 19.6. The molecule has 3 heterocycles. The normalized spacial score (nSPS) is 19.2. The summed E-state index contributed by atoms with van der Waals surface area (Å²) >= 11 is 0. The molecule has 2 aromatic rings. The van der Waals surface area contributed by atoms with E-state index < -0.39 is 10.0 Å². The molecule has 1 aromatic carbocycles. The number of likely N-dealkylation sites (tertiary alicyclic amines) is 1. The average Bonchev–Trinajstić information content (AvgIpc) is 3.43. The van der Waals surface area contributed by atoms with E-state index in [2.05, 4.69) is 9.55 Å².